The molecule has 1 saturated carbocycles. The molecule has 0 aliphatic heterocycles. The summed E-state index contributed by atoms with van der Waals surface area (Å²) in [5, 5.41) is 0. The van der Waals surface area contributed by atoms with Crippen molar-refractivity contribution in [3.05, 3.63) is 0 Å². The standard InChI is InChI=1S/C15H30N2O2/c1-3-11-17(14-9-7-13(16)8-10-14)15(18)6-5-12-19-4-2/h13-14H,3-12,16H2,1-2H3. The molecule has 1 aliphatic rings. The number of hydrogen-bond donors (Lipinski definition) is 1. The molecule has 1 aliphatic carbocycles. The molecule has 2 N–H and O–H groups in total. The SMILES string of the molecule is CCCN(C(=O)CCCOCC)C1CCC(N)CC1. The van der Waals surface area contributed by atoms with Gasteiger partial charge in [0.05, 0.1) is 0 Å². The number of carbonyl (C=O) groups is 1. The molecule has 0 saturated heterocycles. The maximum Gasteiger partial charge on any atom is 0.222 e. The molecule has 0 aromatic carbocycles. The third-order valence-corrected chi connectivity index (χ3v) is 3.85. The lowest BCUT2D eigenvalue weighted by atomic mass is 9.90. The second kappa shape index (κ2) is 9.32. The van der Waals surface area contributed by atoms with Crippen molar-refractivity contribution in [1.29, 1.82) is 0 Å². The number of nitrogens with zero attached hydrogens (tertiary/aromatic N) is 1. The molecule has 112 valence electrons. The van der Waals surface area contributed by atoms with E-state index in [4.69, 9.17) is 10.5 Å². The van der Waals surface area contributed by atoms with Crippen LogP contribution in [0.1, 0.15) is 58.8 Å². The molecular weight excluding hydrogens is 240 g/mol. The smallest absolute Gasteiger partial charge is 0.222 e. The van der Waals surface area contributed by atoms with Crippen LogP contribution in [-0.2, 0) is 9.53 Å². The predicted octanol–water partition coefficient (Wildman–Crippen LogP) is 2.31. The van der Waals surface area contributed by atoms with Crippen LogP contribution >= 0.6 is 0 Å². The molecule has 19 heavy (non-hydrogen) atoms. The van der Waals surface area contributed by atoms with Crippen molar-refractivity contribution in [2.45, 2.75) is 70.9 Å². The fraction of sp³-hybridized carbons (Fsp3) is 0.933. The van der Waals surface area contributed by atoms with E-state index in [-0.39, 0.29) is 0 Å². The lowest BCUT2D eigenvalue weighted by molar-refractivity contribution is -0.134. The van der Waals surface area contributed by atoms with E-state index in [2.05, 4.69) is 11.8 Å². The maximum absolute atomic E-state index is 12.3. The number of ether oxygens (including phenoxy) is 1. The minimum absolute atomic E-state index is 0.294. The average Bonchev–Trinajstić information content (AvgIpc) is 2.42. The first-order chi connectivity index (χ1) is 9.19. The van der Waals surface area contributed by atoms with Gasteiger partial charge in [-0.3, -0.25) is 4.79 Å². The zero-order chi connectivity index (χ0) is 14.1. The van der Waals surface area contributed by atoms with Crippen LogP contribution in [0.3, 0.4) is 0 Å². The van der Waals surface area contributed by atoms with Crippen LogP contribution in [0, 0.1) is 0 Å². The van der Waals surface area contributed by atoms with E-state index >= 15 is 0 Å². The lowest BCUT2D eigenvalue weighted by Gasteiger charge is -2.36. The first-order valence-corrected chi connectivity index (χ1v) is 7.81. The molecule has 0 radical (unpaired) electrons. The summed E-state index contributed by atoms with van der Waals surface area (Å²) in [6, 6.07) is 0.757. The van der Waals surface area contributed by atoms with E-state index in [1.807, 2.05) is 6.92 Å². The van der Waals surface area contributed by atoms with Gasteiger partial charge in [0.15, 0.2) is 0 Å². The predicted molar refractivity (Wildman–Crippen MR) is 78.0 cm³/mol. The Balaban J connectivity index is 2.39. The molecule has 0 bridgehead atoms. The van der Waals surface area contributed by atoms with Gasteiger partial charge in [-0.1, -0.05) is 6.92 Å². The van der Waals surface area contributed by atoms with Gasteiger partial charge < -0.3 is 15.4 Å². The molecule has 1 rings (SSSR count). The van der Waals surface area contributed by atoms with Gasteiger partial charge in [0.25, 0.3) is 0 Å². The molecule has 0 unspecified atom stereocenters. The van der Waals surface area contributed by atoms with Gasteiger partial charge in [-0.05, 0) is 45.4 Å². The van der Waals surface area contributed by atoms with Crippen molar-refractivity contribution < 1.29 is 9.53 Å². The molecule has 0 aromatic rings. The second-order valence-corrected chi connectivity index (χ2v) is 5.46. The second-order valence-electron chi connectivity index (χ2n) is 5.46. The van der Waals surface area contributed by atoms with E-state index in [1.54, 1.807) is 0 Å². The zero-order valence-corrected chi connectivity index (χ0v) is 12.6. The molecule has 0 spiro atoms. The highest BCUT2D eigenvalue weighted by atomic mass is 16.5. The summed E-state index contributed by atoms with van der Waals surface area (Å²) in [7, 11) is 0. The van der Waals surface area contributed by atoms with Crippen LogP contribution in [0.5, 0.6) is 0 Å². The van der Waals surface area contributed by atoms with Crippen molar-refractivity contribution >= 4 is 5.91 Å². The fourth-order valence-electron chi connectivity index (χ4n) is 2.78. The van der Waals surface area contributed by atoms with Gasteiger partial charge in [-0.2, -0.15) is 0 Å². The minimum Gasteiger partial charge on any atom is -0.382 e. The van der Waals surface area contributed by atoms with Gasteiger partial charge in [-0.15, -0.1) is 0 Å². The first kappa shape index (κ1) is 16.4. The molecule has 4 heteroatoms. The average molecular weight is 270 g/mol. The highest BCUT2D eigenvalue weighted by molar-refractivity contribution is 5.76. The number of amides is 1. The lowest BCUT2D eigenvalue weighted by Crippen LogP contribution is -2.44. The Morgan fingerprint density at radius 2 is 1.95 bits per heavy atom. The molecule has 0 heterocycles. The van der Waals surface area contributed by atoms with Crippen molar-refractivity contribution in [3.8, 4) is 0 Å². The number of nitrogens with two attached hydrogens (primary N) is 1. The molecule has 1 amide bonds. The topological polar surface area (TPSA) is 55.6 Å². The van der Waals surface area contributed by atoms with Crippen LogP contribution < -0.4 is 5.73 Å². The molecule has 1 fully saturated rings. The summed E-state index contributed by atoms with van der Waals surface area (Å²) in [5.74, 6) is 0.294. The quantitative estimate of drug-likeness (QED) is 0.689. The monoisotopic (exact) mass is 270 g/mol. The molecular formula is C15H30N2O2. The van der Waals surface area contributed by atoms with E-state index in [1.165, 1.54) is 0 Å². The van der Waals surface area contributed by atoms with E-state index in [0.29, 0.717) is 31.0 Å². The van der Waals surface area contributed by atoms with Crippen molar-refractivity contribution in [1.82, 2.24) is 4.90 Å². The minimum atomic E-state index is 0.294. The number of carbonyl (C=O) groups excluding carboxylic acids is 1. The van der Waals surface area contributed by atoms with E-state index in [0.717, 1.165) is 51.7 Å². The van der Waals surface area contributed by atoms with Crippen LogP contribution in [0.4, 0.5) is 0 Å². The highest BCUT2D eigenvalue weighted by Gasteiger charge is 2.26. The van der Waals surface area contributed by atoms with Crippen molar-refractivity contribution in [2.75, 3.05) is 19.8 Å². The van der Waals surface area contributed by atoms with Crippen LogP contribution in [0.2, 0.25) is 0 Å². The summed E-state index contributed by atoms with van der Waals surface area (Å²) >= 11 is 0. The van der Waals surface area contributed by atoms with Crippen LogP contribution in [0.15, 0.2) is 0 Å². The van der Waals surface area contributed by atoms with Crippen LogP contribution in [0.25, 0.3) is 0 Å². The Kier molecular flexibility index (Phi) is 8.07. The highest BCUT2D eigenvalue weighted by Crippen LogP contribution is 2.23. The summed E-state index contributed by atoms with van der Waals surface area (Å²) in [6.45, 7) is 6.42. The maximum atomic E-state index is 12.3. The Morgan fingerprint density at radius 3 is 2.53 bits per heavy atom. The van der Waals surface area contributed by atoms with Crippen molar-refractivity contribution in [3.63, 3.8) is 0 Å². The van der Waals surface area contributed by atoms with Gasteiger partial charge >= 0.3 is 0 Å². The molecule has 0 aromatic heterocycles. The van der Waals surface area contributed by atoms with Gasteiger partial charge in [0.1, 0.15) is 0 Å². The number of rotatable bonds is 8. The third kappa shape index (κ3) is 5.91. The zero-order valence-electron chi connectivity index (χ0n) is 12.6. The number of hydrogen-bond acceptors (Lipinski definition) is 3. The Morgan fingerprint density at radius 1 is 1.26 bits per heavy atom. The fourth-order valence-corrected chi connectivity index (χ4v) is 2.78. The Labute approximate surface area is 117 Å². The molecule has 0 atom stereocenters. The van der Waals surface area contributed by atoms with Crippen LogP contribution in [-0.4, -0.2) is 42.6 Å². The summed E-state index contributed by atoms with van der Waals surface area (Å²) in [5.41, 5.74) is 5.94. The molecule has 4 nitrogen and oxygen atoms in total. The Bertz CT molecular complexity index is 251. The van der Waals surface area contributed by atoms with Crippen molar-refractivity contribution in [2.24, 2.45) is 5.73 Å². The van der Waals surface area contributed by atoms with E-state index in [9.17, 15) is 4.79 Å². The summed E-state index contributed by atoms with van der Waals surface area (Å²) in [6.07, 6.45) is 6.71. The van der Waals surface area contributed by atoms with E-state index < -0.39 is 0 Å². The van der Waals surface area contributed by atoms with Gasteiger partial charge in [-0.25, -0.2) is 0 Å². The summed E-state index contributed by atoms with van der Waals surface area (Å²) < 4.78 is 5.30. The normalized spacial score (nSPS) is 23.3. The van der Waals surface area contributed by atoms with Gasteiger partial charge in [0.2, 0.25) is 5.91 Å². The van der Waals surface area contributed by atoms with Gasteiger partial charge in [0, 0.05) is 38.3 Å². The third-order valence-electron chi connectivity index (χ3n) is 3.85. The largest absolute Gasteiger partial charge is 0.382 e. The summed E-state index contributed by atoms with van der Waals surface area (Å²) in [4.78, 5) is 14.4. The first-order valence-electron chi connectivity index (χ1n) is 7.81. The Hall–Kier alpha value is -0.610.